The Hall–Kier alpha value is -1.30. The zero-order valence-electron chi connectivity index (χ0n) is 12.1. The molecule has 0 radical (unpaired) electrons. The molecular formula is C13H25N3O3. The van der Waals surface area contributed by atoms with E-state index in [4.69, 9.17) is 4.74 Å². The molecule has 0 saturated carbocycles. The summed E-state index contributed by atoms with van der Waals surface area (Å²) in [6.07, 6.45) is 2.08. The number of nitrogens with zero attached hydrogens (tertiary/aromatic N) is 2. The highest BCUT2D eigenvalue weighted by atomic mass is 16.5. The molecule has 1 aliphatic rings. The Labute approximate surface area is 115 Å². The van der Waals surface area contributed by atoms with E-state index in [0.29, 0.717) is 32.7 Å². The quantitative estimate of drug-likeness (QED) is 0.799. The van der Waals surface area contributed by atoms with Gasteiger partial charge in [-0.25, -0.2) is 4.79 Å². The van der Waals surface area contributed by atoms with Crippen molar-refractivity contribution in [2.24, 2.45) is 0 Å². The zero-order chi connectivity index (χ0) is 14.3. The van der Waals surface area contributed by atoms with Crippen LogP contribution in [-0.4, -0.2) is 68.2 Å². The molecule has 3 amide bonds. The molecule has 0 unspecified atom stereocenters. The average molecular weight is 271 g/mol. The fourth-order valence-corrected chi connectivity index (χ4v) is 2.05. The maximum absolute atomic E-state index is 11.8. The van der Waals surface area contributed by atoms with Crippen LogP contribution < -0.4 is 5.32 Å². The highest BCUT2D eigenvalue weighted by molar-refractivity contribution is 5.76. The summed E-state index contributed by atoms with van der Waals surface area (Å²) in [5.74, 6) is 0.136. The van der Waals surface area contributed by atoms with Crippen LogP contribution in [0.2, 0.25) is 0 Å². The summed E-state index contributed by atoms with van der Waals surface area (Å²) in [7, 11) is 3.37. The Bertz CT molecular complexity index is 302. The number of carbonyl (C=O) groups is 2. The van der Waals surface area contributed by atoms with Gasteiger partial charge in [-0.3, -0.25) is 4.79 Å². The number of hydrogen-bond acceptors (Lipinski definition) is 3. The van der Waals surface area contributed by atoms with Gasteiger partial charge in [-0.05, 0) is 19.8 Å². The molecule has 19 heavy (non-hydrogen) atoms. The third-order valence-corrected chi connectivity index (χ3v) is 3.52. The normalized spacial score (nSPS) is 16.3. The minimum Gasteiger partial charge on any atom is -0.384 e. The van der Waals surface area contributed by atoms with Crippen LogP contribution in [0.3, 0.4) is 0 Å². The molecule has 0 aromatic carbocycles. The first-order chi connectivity index (χ1) is 9.08. The third-order valence-electron chi connectivity index (χ3n) is 3.52. The number of rotatable bonds is 5. The lowest BCUT2D eigenvalue weighted by atomic mass is 10.0. The largest absolute Gasteiger partial charge is 0.384 e. The number of hydrogen-bond donors (Lipinski definition) is 1. The van der Waals surface area contributed by atoms with Crippen LogP contribution in [0.5, 0.6) is 0 Å². The summed E-state index contributed by atoms with van der Waals surface area (Å²) >= 11 is 0. The predicted molar refractivity (Wildman–Crippen MR) is 72.9 cm³/mol. The molecule has 1 rings (SSSR count). The minimum atomic E-state index is -0.0355. The molecule has 0 aromatic rings. The van der Waals surface area contributed by atoms with Crippen molar-refractivity contribution in [3.05, 3.63) is 0 Å². The summed E-state index contributed by atoms with van der Waals surface area (Å²) < 4.78 is 4.91. The Morgan fingerprint density at radius 1 is 1.37 bits per heavy atom. The van der Waals surface area contributed by atoms with Crippen molar-refractivity contribution in [2.45, 2.75) is 32.2 Å². The number of carbonyl (C=O) groups excluding carboxylic acids is 2. The summed E-state index contributed by atoms with van der Waals surface area (Å²) in [6, 6.07) is 0.139. The number of amides is 3. The molecule has 6 heteroatoms. The smallest absolute Gasteiger partial charge is 0.317 e. The summed E-state index contributed by atoms with van der Waals surface area (Å²) in [4.78, 5) is 27.0. The fourth-order valence-electron chi connectivity index (χ4n) is 2.05. The lowest BCUT2D eigenvalue weighted by Gasteiger charge is -2.33. The lowest BCUT2D eigenvalue weighted by Crippen LogP contribution is -2.49. The van der Waals surface area contributed by atoms with Crippen molar-refractivity contribution in [1.82, 2.24) is 15.1 Å². The van der Waals surface area contributed by atoms with Gasteiger partial charge in [0.15, 0.2) is 0 Å². The van der Waals surface area contributed by atoms with Gasteiger partial charge in [0.1, 0.15) is 0 Å². The predicted octanol–water partition coefficient (Wildman–Crippen LogP) is 0.675. The highest BCUT2D eigenvalue weighted by Gasteiger charge is 2.24. The van der Waals surface area contributed by atoms with E-state index in [1.54, 1.807) is 19.1 Å². The fraction of sp³-hybridized carbons (Fsp3) is 0.846. The molecule has 0 spiro atoms. The number of urea groups is 1. The molecule has 110 valence electrons. The number of likely N-dealkylation sites (tertiary alicyclic amines) is 1. The SMILES string of the molecule is CCN(C)C(=O)NC1CCN(C(=O)CCOC)CC1. The van der Waals surface area contributed by atoms with E-state index >= 15 is 0 Å². The van der Waals surface area contributed by atoms with Crippen molar-refractivity contribution in [1.29, 1.82) is 0 Å². The second-order valence-electron chi connectivity index (χ2n) is 4.86. The molecule has 1 N–H and O–H groups in total. The maximum Gasteiger partial charge on any atom is 0.317 e. The molecule has 1 heterocycles. The molecule has 6 nitrogen and oxygen atoms in total. The molecule has 1 aliphatic heterocycles. The Morgan fingerprint density at radius 2 is 2.00 bits per heavy atom. The molecule has 0 aliphatic carbocycles. The number of ether oxygens (including phenoxy) is 1. The van der Waals surface area contributed by atoms with Gasteiger partial charge in [-0.15, -0.1) is 0 Å². The monoisotopic (exact) mass is 271 g/mol. The maximum atomic E-state index is 11.8. The van der Waals surface area contributed by atoms with Gasteiger partial charge in [-0.1, -0.05) is 0 Å². The van der Waals surface area contributed by atoms with E-state index in [1.807, 2.05) is 11.8 Å². The van der Waals surface area contributed by atoms with E-state index in [-0.39, 0.29) is 18.0 Å². The first kappa shape index (κ1) is 15.8. The van der Waals surface area contributed by atoms with E-state index in [1.165, 1.54) is 0 Å². The van der Waals surface area contributed by atoms with Crippen LogP contribution >= 0.6 is 0 Å². The number of methoxy groups -OCH3 is 1. The van der Waals surface area contributed by atoms with Gasteiger partial charge in [0.2, 0.25) is 5.91 Å². The Morgan fingerprint density at radius 3 is 2.53 bits per heavy atom. The van der Waals surface area contributed by atoms with Crippen LogP contribution in [0.25, 0.3) is 0 Å². The summed E-state index contributed by atoms with van der Waals surface area (Å²) in [6.45, 7) is 4.53. The van der Waals surface area contributed by atoms with E-state index in [2.05, 4.69) is 5.32 Å². The Kier molecular flexibility index (Phi) is 6.62. The first-order valence-electron chi connectivity index (χ1n) is 6.86. The average Bonchev–Trinajstić information content (AvgIpc) is 2.44. The van der Waals surface area contributed by atoms with Crippen molar-refractivity contribution in [3.8, 4) is 0 Å². The molecule has 0 bridgehead atoms. The minimum absolute atomic E-state index is 0.0355. The summed E-state index contributed by atoms with van der Waals surface area (Å²) in [5.41, 5.74) is 0. The second-order valence-corrected chi connectivity index (χ2v) is 4.86. The molecule has 1 saturated heterocycles. The van der Waals surface area contributed by atoms with E-state index < -0.39 is 0 Å². The van der Waals surface area contributed by atoms with Gasteiger partial charge in [0.05, 0.1) is 13.0 Å². The number of piperidine rings is 1. The van der Waals surface area contributed by atoms with Crippen molar-refractivity contribution in [2.75, 3.05) is 40.4 Å². The molecule has 0 atom stereocenters. The van der Waals surface area contributed by atoms with Crippen LogP contribution in [0.15, 0.2) is 0 Å². The molecule has 0 aromatic heterocycles. The van der Waals surface area contributed by atoms with Gasteiger partial charge in [-0.2, -0.15) is 0 Å². The van der Waals surface area contributed by atoms with Crippen LogP contribution in [0.1, 0.15) is 26.2 Å². The molecular weight excluding hydrogens is 246 g/mol. The second kappa shape index (κ2) is 7.99. The van der Waals surface area contributed by atoms with Crippen molar-refractivity contribution >= 4 is 11.9 Å². The lowest BCUT2D eigenvalue weighted by molar-refractivity contribution is -0.133. The first-order valence-corrected chi connectivity index (χ1v) is 6.86. The zero-order valence-corrected chi connectivity index (χ0v) is 12.1. The van der Waals surface area contributed by atoms with Gasteiger partial charge < -0.3 is 19.9 Å². The standard InChI is InChI=1S/C13H25N3O3/c1-4-15(2)13(18)14-11-5-8-16(9-6-11)12(17)7-10-19-3/h11H,4-10H2,1-3H3,(H,14,18). The van der Waals surface area contributed by atoms with Crippen molar-refractivity contribution in [3.63, 3.8) is 0 Å². The van der Waals surface area contributed by atoms with Gasteiger partial charge >= 0.3 is 6.03 Å². The van der Waals surface area contributed by atoms with E-state index in [0.717, 1.165) is 12.8 Å². The van der Waals surface area contributed by atoms with Crippen molar-refractivity contribution < 1.29 is 14.3 Å². The van der Waals surface area contributed by atoms with Crippen LogP contribution in [-0.2, 0) is 9.53 Å². The third kappa shape index (κ3) is 5.06. The van der Waals surface area contributed by atoms with Crippen LogP contribution in [0.4, 0.5) is 4.79 Å². The number of nitrogens with one attached hydrogen (secondary N) is 1. The topological polar surface area (TPSA) is 61.9 Å². The van der Waals surface area contributed by atoms with E-state index in [9.17, 15) is 9.59 Å². The molecule has 1 fully saturated rings. The van der Waals surface area contributed by atoms with Gasteiger partial charge in [0.25, 0.3) is 0 Å². The Balaban J connectivity index is 2.29. The highest BCUT2D eigenvalue weighted by Crippen LogP contribution is 2.11. The van der Waals surface area contributed by atoms with Gasteiger partial charge in [0, 0.05) is 39.8 Å². The summed E-state index contributed by atoms with van der Waals surface area (Å²) in [5, 5.41) is 3.00. The van der Waals surface area contributed by atoms with Crippen LogP contribution in [0, 0.1) is 0 Å².